The fourth-order valence-corrected chi connectivity index (χ4v) is 5.58. The Labute approximate surface area is 195 Å². The van der Waals surface area contributed by atoms with Crippen molar-refractivity contribution in [2.45, 2.75) is 67.2 Å². The Morgan fingerprint density at radius 2 is 1.88 bits per heavy atom. The summed E-state index contributed by atoms with van der Waals surface area (Å²) in [4.78, 5) is 4.67. The first kappa shape index (κ1) is 24.0. The molecule has 0 spiro atoms. The van der Waals surface area contributed by atoms with E-state index in [0.717, 1.165) is 18.6 Å². The molecule has 0 radical (unpaired) electrons. The van der Waals surface area contributed by atoms with Gasteiger partial charge in [-0.05, 0) is 111 Å². The van der Waals surface area contributed by atoms with Gasteiger partial charge in [0, 0.05) is 17.8 Å². The molecule has 2 aliphatic carbocycles. The van der Waals surface area contributed by atoms with Crippen molar-refractivity contribution in [3.63, 3.8) is 0 Å². The van der Waals surface area contributed by atoms with Crippen LogP contribution in [0, 0.1) is 11.8 Å². The van der Waals surface area contributed by atoms with Gasteiger partial charge in [0.05, 0.1) is 0 Å². The third kappa shape index (κ3) is 4.58. The highest BCUT2D eigenvalue weighted by molar-refractivity contribution is 6.02. The smallest absolute Gasteiger partial charge is 0.0447 e. The lowest BCUT2D eigenvalue weighted by molar-refractivity contribution is 0.358. The van der Waals surface area contributed by atoms with Gasteiger partial charge in [0.25, 0.3) is 0 Å². The summed E-state index contributed by atoms with van der Waals surface area (Å²) in [5, 5.41) is 0. The Morgan fingerprint density at radius 1 is 1.16 bits per heavy atom. The minimum absolute atomic E-state index is 0.465. The van der Waals surface area contributed by atoms with Crippen LogP contribution in [0.25, 0.3) is 5.57 Å². The summed E-state index contributed by atoms with van der Waals surface area (Å²) in [5.74, 6) is 1.16. The van der Waals surface area contributed by atoms with Gasteiger partial charge in [-0.25, -0.2) is 0 Å². The second kappa shape index (κ2) is 10.3. The molecule has 168 valence electrons. The number of hydrogen-bond donors (Lipinski definition) is 0. The van der Waals surface area contributed by atoms with E-state index in [9.17, 15) is 0 Å². The van der Waals surface area contributed by atoms with Gasteiger partial charge in [-0.1, -0.05) is 61.6 Å². The first-order valence-electron chi connectivity index (χ1n) is 12.0. The molecular formula is C31H39N. The van der Waals surface area contributed by atoms with Crippen molar-refractivity contribution < 1.29 is 0 Å². The van der Waals surface area contributed by atoms with Crippen molar-refractivity contribution in [3.8, 4) is 0 Å². The lowest BCUT2D eigenvalue weighted by Crippen LogP contribution is -2.28. The predicted molar refractivity (Wildman–Crippen MR) is 142 cm³/mol. The monoisotopic (exact) mass is 425 g/mol. The Kier molecular flexibility index (Phi) is 7.72. The summed E-state index contributed by atoms with van der Waals surface area (Å²) in [6, 6.07) is 6.59. The van der Waals surface area contributed by atoms with E-state index in [2.05, 4.69) is 71.0 Å². The number of rotatable bonds is 6. The number of benzene rings is 1. The van der Waals surface area contributed by atoms with Gasteiger partial charge >= 0.3 is 0 Å². The quantitative estimate of drug-likeness (QED) is 0.319. The first-order chi connectivity index (χ1) is 15.3. The van der Waals surface area contributed by atoms with Crippen LogP contribution < -0.4 is 0 Å². The lowest BCUT2D eigenvalue weighted by Gasteiger charge is -2.41. The normalized spacial score (nSPS) is 22.3. The van der Waals surface area contributed by atoms with Crippen LogP contribution in [0.2, 0.25) is 0 Å². The molecule has 0 saturated heterocycles. The average molecular weight is 426 g/mol. The second-order valence-corrected chi connectivity index (χ2v) is 9.32. The number of allylic oxidation sites excluding steroid dienone is 9. The minimum Gasteiger partial charge on any atom is -0.261 e. The van der Waals surface area contributed by atoms with Gasteiger partial charge in [-0.2, -0.15) is 0 Å². The van der Waals surface area contributed by atoms with E-state index in [1.54, 1.807) is 0 Å². The Balaban J connectivity index is 2.01. The van der Waals surface area contributed by atoms with Crippen LogP contribution in [0.3, 0.4) is 0 Å². The van der Waals surface area contributed by atoms with Crippen LogP contribution in [-0.2, 0) is 6.42 Å². The van der Waals surface area contributed by atoms with Crippen molar-refractivity contribution in [3.05, 3.63) is 100 Å². The lowest BCUT2D eigenvalue weighted by atomic mass is 9.64. The Morgan fingerprint density at radius 3 is 2.56 bits per heavy atom. The number of fused-ring (bicyclic) bond motifs is 1. The maximum Gasteiger partial charge on any atom is 0.0447 e. The standard InChI is InChI=1S/C31H39N/c1-9-11-12-18-32-25(8)30-15-13-14-29(27(30)10-2)23(6)28-17-16-26-19-20(3)21(4)22(5)31(26)24(28)7/h9,11-15,18,26,31H,5-6,10,16-17,19H2,1-4,7-8H3/b11-9+,18-12-,32-25+. The molecule has 2 aliphatic rings. The fraction of sp³-hybridized carbons (Fsp3) is 0.387. The van der Waals surface area contributed by atoms with Crippen molar-refractivity contribution in [2.24, 2.45) is 16.8 Å². The zero-order valence-electron chi connectivity index (χ0n) is 20.9. The summed E-state index contributed by atoms with van der Waals surface area (Å²) in [6.07, 6.45) is 12.3. The van der Waals surface area contributed by atoms with Crippen molar-refractivity contribution in [2.75, 3.05) is 0 Å². The van der Waals surface area contributed by atoms with Crippen LogP contribution in [0.4, 0.5) is 0 Å². The summed E-state index contributed by atoms with van der Waals surface area (Å²) in [6.45, 7) is 22.3. The van der Waals surface area contributed by atoms with E-state index in [0.29, 0.717) is 11.8 Å². The summed E-state index contributed by atoms with van der Waals surface area (Å²) in [7, 11) is 0. The zero-order valence-corrected chi connectivity index (χ0v) is 20.9. The van der Waals surface area contributed by atoms with E-state index in [1.165, 1.54) is 63.0 Å². The largest absolute Gasteiger partial charge is 0.261 e. The van der Waals surface area contributed by atoms with Crippen LogP contribution >= 0.6 is 0 Å². The van der Waals surface area contributed by atoms with E-state index in [4.69, 9.17) is 0 Å². The van der Waals surface area contributed by atoms with Crippen LogP contribution in [0.15, 0.2) is 88.6 Å². The van der Waals surface area contributed by atoms with Crippen molar-refractivity contribution in [1.82, 2.24) is 0 Å². The van der Waals surface area contributed by atoms with E-state index in [-0.39, 0.29) is 0 Å². The molecule has 3 rings (SSSR count). The molecule has 1 nitrogen and oxygen atoms in total. The Bertz CT molecular complexity index is 1070. The molecule has 0 aliphatic heterocycles. The van der Waals surface area contributed by atoms with Gasteiger partial charge < -0.3 is 0 Å². The molecule has 0 fully saturated rings. The maximum absolute atomic E-state index is 4.67. The van der Waals surface area contributed by atoms with Crippen molar-refractivity contribution >= 4 is 11.3 Å². The van der Waals surface area contributed by atoms with Gasteiger partial charge in [-0.15, -0.1) is 0 Å². The predicted octanol–water partition coefficient (Wildman–Crippen LogP) is 8.80. The maximum atomic E-state index is 4.67. The first-order valence-corrected chi connectivity index (χ1v) is 12.0. The summed E-state index contributed by atoms with van der Waals surface area (Å²) in [5.41, 5.74) is 13.2. The topological polar surface area (TPSA) is 12.4 Å². The summed E-state index contributed by atoms with van der Waals surface area (Å²) >= 11 is 0. The van der Waals surface area contributed by atoms with Crippen LogP contribution in [0.1, 0.15) is 77.5 Å². The van der Waals surface area contributed by atoms with Gasteiger partial charge in [-0.3, -0.25) is 4.99 Å². The highest BCUT2D eigenvalue weighted by Gasteiger charge is 2.36. The van der Waals surface area contributed by atoms with Gasteiger partial charge in [0.2, 0.25) is 0 Å². The molecule has 1 heteroatoms. The average Bonchev–Trinajstić information content (AvgIpc) is 2.79. The Hall–Kier alpha value is -2.67. The van der Waals surface area contributed by atoms with E-state index >= 15 is 0 Å². The number of hydrogen-bond acceptors (Lipinski definition) is 1. The highest BCUT2D eigenvalue weighted by Crippen LogP contribution is 2.49. The highest BCUT2D eigenvalue weighted by atomic mass is 14.7. The SMILES string of the molecule is C=C(C1=C(C)C2C(=C)C(C)=C(C)CC2CC1)c1cccc(/C(C)=N/C=C\C=C\C)c1CC. The third-order valence-corrected chi connectivity index (χ3v) is 7.51. The molecule has 0 bridgehead atoms. The van der Waals surface area contributed by atoms with Crippen LogP contribution in [-0.4, -0.2) is 5.71 Å². The van der Waals surface area contributed by atoms with Crippen LogP contribution in [0.5, 0.6) is 0 Å². The summed E-state index contributed by atoms with van der Waals surface area (Å²) < 4.78 is 0. The third-order valence-electron chi connectivity index (χ3n) is 7.51. The molecule has 2 atom stereocenters. The molecule has 0 aromatic heterocycles. The molecule has 32 heavy (non-hydrogen) atoms. The number of aliphatic imine (C=N–C) groups is 1. The minimum atomic E-state index is 0.465. The van der Waals surface area contributed by atoms with E-state index < -0.39 is 0 Å². The van der Waals surface area contributed by atoms with Gasteiger partial charge in [0.15, 0.2) is 0 Å². The molecule has 0 N–H and O–H groups in total. The van der Waals surface area contributed by atoms with Crippen molar-refractivity contribution in [1.29, 1.82) is 0 Å². The van der Waals surface area contributed by atoms with E-state index in [1.807, 2.05) is 31.4 Å². The molecule has 1 aromatic carbocycles. The number of nitrogens with zero attached hydrogens (tertiary/aromatic N) is 1. The van der Waals surface area contributed by atoms with Gasteiger partial charge in [0.1, 0.15) is 0 Å². The molecule has 0 saturated carbocycles. The molecular weight excluding hydrogens is 386 g/mol. The second-order valence-electron chi connectivity index (χ2n) is 9.32. The molecule has 1 aromatic rings. The molecule has 2 unspecified atom stereocenters. The molecule has 0 amide bonds. The zero-order chi connectivity index (χ0) is 23.4. The molecule has 0 heterocycles. The fourth-order valence-electron chi connectivity index (χ4n) is 5.58.